The van der Waals surface area contributed by atoms with Crippen molar-refractivity contribution in [3.05, 3.63) is 102 Å². The molecule has 63 heavy (non-hydrogen) atoms. The Morgan fingerprint density at radius 1 is 0.825 bits per heavy atom. The van der Waals surface area contributed by atoms with E-state index in [1.807, 2.05) is 57.3 Å². The molecule has 0 spiro atoms. The lowest BCUT2D eigenvalue weighted by Crippen LogP contribution is -2.49. The number of hydrogen-bond acceptors (Lipinski definition) is 12. The van der Waals surface area contributed by atoms with Crippen molar-refractivity contribution >= 4 is 45.9 Å². The summed E-state index contributed by atoms with van der Waals surface area (Å²) in [6.45, 7) is 13.4. The van der Waals surface area contributed by atoms with Gasteiger partial charge in [-0.2, -0.15) is 10.1 Å². The molecule has 3 aromatic heterocycles. The van der Waals surface area contributed by atoms with Crippen molar-refractivity contribution in [3.8, 4) is 22.4 Å². The number of anilines is 3. The highest BCUT2D eigenvalue weighted by atomic mass is 16.5. The quantitative estimate of drug-likeness (QED) is 0.121. The molecule has 326 valence electrons. The molecular formula is C47H53N11O5. The van der Waals surface area contributed by atoms with E-state index in [1.54, 1.807) is 4.90 Å². The summed E-state index contributed by atoms with van der Waals surface area (Å²) in [6.07, 6.45) is 4.49. The van der Waals surface area contributed by atoms with Gasteiger partial charge in [0.05, 0.1) is 6.61 Å². The number of imide groups is 1. The number of carbonyl (C=O) groups is 3. The van der Waals surface area contributed by atoms with Gasteiger partial charge in [0.15, 0.2) is 5.65 Å². The molecule has 0 atom stereocenters. The zero-order valence-electron chi connectivity index (χ0n) is 35.9. The number of rotatable bonds is 11. The number of carbonyl (C=O) groups excluding carboxylic acids is 3. The third kappa shape index (κ3) is 9.13. The number of pyridine rings is 1. The predicted octanol–water partition coefficient (Wildman–Crippen LogP) is 5.88. The summed E-state index contributed by atoms with van der Waals surface area (Å²) in [6, 6.07) is 24.3. The van der Waals surface area contributed by atoms with Gasteiger partial charge in [0.2, 0.25) is 11.8 Å². The topological polar surface area (TPSA) is 189 Å². The van der Waals surface area contributed by atoms with Gasteiger partial charge in [-0.05, 0) is 84.0 Å². The zero-order chi connectivity index (χ0) is 43.7. The molecule has 3 fully saturated rings. The van der Waals surface area contributed by atoms with Crippen molar-refractivity contribution in [2.24, 2.45) is 5.92 Å². The van der Waals surface area contributed by atoms with E-state index >= 15 is 0 Å². The first-order valence-corrected chi connectivity index (χ1v) is 21.7. The van der Waals surface area contributed by atoms with Gasteiger partial charge in [0.1, 0.15) is 5.69 Å². The van der Waals surface area contributed by atoms with Crippen LogP contribution in [0.15, 0.2) is 83.5 Å². The Kier molecular flexibility index (Phi) is 11.7. The van der Waals surface area contributed by atoms with Crippen LogP contribution in [-0.4, -0.2) is 106 Å². The number of nitrogens with one attached hydrogen (secondary N) is 3. The van der Waals surface area contributed by atoms with Crippen LogP contribution in [-0.2, 0) is 23.4 Å². The van der Waals surface area contributed by atoms with E-state index < -0.39 is 5.91 Å². The minimum absolute atomic E-state index is 0.0309. The van der Waals surface area contributed by atoms with Gasteiger partial charge in [-0.3, -0.25) is 29.8 Å². The maximum Gasteiger partial charge on any atom is 0.328 e. The van der Waals surface area contributed by atoms with Crippen LogP contribution >= 0.6 is 0 Å². The minimum Gasteiger partial charge on any atom is -0.392 e. The smallest absolute Gasteiger partial charge is 0.328 e. The number of H-pyrrole nitrogens is 1. The van der Waals surface area contributed by atoms with Gasteiger partial charge in [-0.25, -0.2) is 9.78 Å². The minimum atomic E-state index is -0.454. The average Bonchev–Trinajstić information content (AvgIpc) is 3.98. The fraction of sp³-hybridized carbons (Fsp3) is 0.383. The second kappa shape index (κ2) is 17.6. The number of piperazine rings is 1. The summed E-state index contributed by atoms with van der Waals surface area (Å²) in [5.41, 5.74) is 8.51. The van der Waals surface area contributed by atoms with Gasteiger partial charge in [0.25, 0.3) is 11.7 Å². The lowest BCUT2D eigenvalue weighted by Gasteiger charge is -2.40. The molecule has 4 N–H and O–H groups in total. The Labute approximate surface area is 365 Å². The number of amides is 4. The maximum absolute atomic E-state index is 12.8. The largest absolute Gasteiger partial charge is 0.392 e. The molecule has 16 nitrogen and oxygen atoms in total. The molecule has 3 saturated heterocycles. The highest BCUT2D eigenvalue weighted by Crippen LogP contribution is 2.32. The number of urea groups is 1. The Morgan fingerprint density at radius 2 is 1.51 bits per heavy atom. The summed E-state index contributed by atoms with van der Waals surface area (Å²) in [4.78, 5) is 54.6. The van der Waals surface area contributed by atoms with E-state index in [0.717, 1.165) is 97.7 Å². The van der Waals surface area contributed by atoms with Crippen molar-refractivity contribution in [1.82, 2.24) is 40.9 Å². The number of nitrogens with zero attached hydrogens (tertiary/aromatic N) is 8. The number of hydrogen-bond donors (Lipinski definition) is 4. The van der Waals surface area contributed by atoms with Gasteiger partial charge in [-0.1, -0.05) is 50.2 Å². The number of piperidine rings is 1. The molecular weight excluding hydrogens is 799 g/mol. The van der Waals surface area contributed by atoms with Crippen LogP contribution in [0.4, 0.5) is 21.9 Å². The molecule has 6 aromatic rings. The average molecular weight is 852 g/mol. The first kappa shape index (κ1) is 41.7. The van der Waals surface area contributed by atoms with Gasteiger partial charge in [0, 0.05) is 111 Å². The van der Waals surface area contributed by atoms with Gasteiger partial charge < -0.3 is 24.7 Å². The summed E-state index contributed by atoms with van der Waals surface area (Å²) in [5.74, 6) is 0.348. The first-order chi connectivity index (χ1) is 30.5. The molecule has 6 heterocycles. The van der Waals surface area contributed by atoms with Crippen molar-refractivity contribution in [2.75, 3.05) is 67.1 Å². The lowest BCUT2D eigenvalue weighted by atomic mass is 9.95. The van der Waals surface area contributed by atoms with Crippen LogP contribution in [0.1, 0.15) is 67.7 Å². The molecule has 0 saturated carbocycles. The molecule has 0 unspecified atom stereocenters. The van der Waals surface area contributed by atoms with E-state index in [4.69, 9.17) is 9.51 Å². The summed E-state index contributed by atoms with van der Waals surface area (Å²) < 4.78 is 5.26. The Morgan fingerprint density at radius 3 is 2.19 bits per heavy atom. The van der Waals surface area contributed by atoms with E-state index in [1.165, 1.54) is 11.4 Å². The predicted molar refractivity (Wildman–Crippen MR) is 240 cm³/mol. The molecule has 0 radical (unpaired) electrons. The molecule has 16 heteroatoms. The molecule has 3 aromatic carbocycles. The Hall–Kier alpha value is -6.65. The van der Waals surface area contributed by atoms with Crippen LogP contribution in [0, 0.1) is 5.92 Å². The number of aliphatic hydroxyl groups is 1. The maximum atomic E-state index is 12.8. The zero-order valence-corrected chi connectivity index (χ0v) is 35.9. The second-order valence-corrected chi connectivity index (χ2v) is 17.7. The van der Waals surface area contributed by atoms with E-state index in [-0.39, 0.29) is 36.3 Å². The fourth-order valence-electron chi connectivity index (χ4n) is 8.70. The molecule has 3 aliphatic rings. The molecule has 9 rings (SSSR count). The van der Waals surface area contributed by atoms with Crippen LogP contribution in [0.25, 0.3) is 33.4 Å². The molecule has 0 bridgehead atoms. The van der Waals surface area contributed by atoms with Gasteiger partial charge in [-0.15, -0.1) is 0 Å². The SMILES string of the molecule is CC(C)(C)c1nc(C(=O)NCc2ccc(-c3n[nH]c4ncc(-c5ccc(N6CCN(CC7CCN(c8ccc(N9CCC(=O)NC9=O)cc8)CC7)CC6)cc5)cc34)cc2CO)no1. The molecule has 0 aliphatic carbocycles. The number of fused-ring (bicyclic) bond motifs is 1. The standard InChI is InChI=1S/C47H53N11O5/c1-47(2,3)45-51-43(54-63-45)44(61)49-26-33-5-4-32(24-35(33)29-59)41-39-25-34(27-48-42(39)53-52-41)31-6-8-36(9-7-31)57-22-20-55(21-23-57)28-30-14-17-56(18-15-30)37-10-12-38(13-11-37)58-19-16-40(60)50-46(58)62/h4-13,24-25,27,30,59H,14-23,26,28-29H2,1-3H3,(H,49,61)(H,48,52,53)(H,50,60,62). The number of aromatic amines is 1. The van der Waals surface area contributed by atoms with Crippen molar-refractivity contribution < 1.29 is 24.0 Å². The van der Waals surface area contributed by atoms with Crippen LogP contribution < -0.4 is 25.3 Å². The molecule has 3 aliphatic heterocycles. The number of benzene rings is 3. The van der Waals surface area contributed by atoms with Crippen LogP contribution in [0.3, 0.4) is 0 Å². The number of aliphatic hydroxyl groups excluding tert-OH is 1. The Bertz CT molecular complexity index is 2600. The fourth-order valence-corrected chi connectivity index (χ4v) is 8.70. The monoisotopic (exact) mass is 851 g/mol. The van der Waals surface area contributed by atoms with Crippen molar-refractivity contribution in [1.29, 1.82) is 0 Å². The Balaban J connectivity index is 0.768. The lowest BCUT2D eigenvalue weighted by molar-refractivity contribution is -0.120. The highest BCUT2D eigenvalue weighted by Gasteiger charge is 2.28. The summed E-state index contributed by atoms with van der Waals surface area (Å²) in [5, 5.41) is 27.9. The van der Waals surface area contributed by atoms with E-state index in [0.29, 0.717) is 36.0 Å². The summed E-state index contributed by atoms with van der Waals surface area (Å²) in [7, 11) is 0. The first-order valence-electron chi connectivity index (χ1n) is 21.7. The van der Waals surface area contributed by atoms with E-state index in [9.17, 15) is 19.5 Å². The van der Waals surface area contributed by atoms with Crippen molar-refractivity contribution in [3.63, 3.8) is 0 Å². The third-order valence-electron chi connectivity index (χ3n) is 12.4. The normalized spacial score (nSPS) is 16.8. The van der Waals surface area contributed by atoms with Gasteiger partial charge >= 0.3 is 6.03 Å². The third-order valence-corrected chi connectivity index (χ3v) is 12.4. The highest BCUT2D eigenvalue weighted by molar-refractivity contribution is 6.05. The number of aromatic nitrogens is 5. The van der Waals surface area contributed by atoms with E-state index in [2.05, 4.69) is 88.1 Å². The van der Waals surface area contributed by atoms with Crippen LogP contribution in [0.2, 0.25) is 0 Å². The summed E-state index contributed by atoms with van der Waals surface area (Å²) >= 11 is 0. The molecule has 4 amide bonds. The second-order valence-electron chi connectivity index (χ2n) is 17.7. The van der Waals surface area contributed by atoms with Crippen molar-refractivity contribution in [2.45, 2.75) is 58.6 Å². The van der Waals surface area contributed by atoms with Crippen LogP contribution in [0.5, 0.6) is 0 Å².